The SMILES string of the molecule is COCCCCC(=O)N(CCOC)CC(=O)O. The molecule has 6 nitrogen and oxygen atoms in total. The van der Waals surface area contributed by atoms with Crippen molar-refractivity contribution < 1.29 is 24.2 Å². The van der Waals surface area contributed by atoms with E-state index in [4.69, 9.17) is 14.6 Å². The molecule has 0 aliphatic heterocycles. The van der Waals surface area contributed by atoms with E-state index in [1.807, 2.05) is 0 Å². The Kier molecular flexibility index (Phi) is 9.37. The van der Waals surface area contributed by atoms with E-state index in [1.54, 1.807) is 7.11 Å². The van der Waals surface area contributed by atoms with E-state index < -0.39 is 5.97 Å². The highest BCUT2D eigenvalue weighted by Gasteiger charge is 2.15. The van der Waals surface area contributed by atoms with Gasteiger partial charge in [-0.15, -0.1) is 0 Å². The zero-order valence-corrected chi connectivity index (χ0v) is 10.5. The Morgan fingerprint density at radius 3 is 2.29 bits per heavy atom. The fourth-order valence-electron chi connectivity index (χ4n) is 1.34. The summed E-state index contributed by atoms with van der Waals surface area (Å²) >= 11 is 0. The third kappa shape index (κ3) is 8.65. The molecule has 1 amide bonds. The van der Waals surface area contributed by atoms with Crippen molar-refractivity contribution >= 4 is 11.9 Å². The van der Waals surface area contributed by atoms with Crippen LogP contribution in [0, 0.1) is 0 Å². The molecular formula is C11H21NO5. The molecule has 0 aliphatic carbocycles. The van der Waals surface area contributed by atoms with Crippen molar-refractivity contribution in [2.45, 2.75) is 19.3 Å². The van der Waals surface area contributed by atoms with Crippen molar-refractivity contribution in [2.24, 2.45) is 0 Å². The molecule has 0 bridgehead atoms. The molecule has 0 heterocycles. The first-order chi connectivity index (χ1) is 8.11. The molecule has 1 N–H and O–H groups in total. The smallest absolute Gasteiger partial charge is 0.323 e. The lowest BCUT2D eigenvalue weighted by atomic mass is 10.2. The van der Waals surface area contributed by atoms with Gasteiger partial charge in [0, 0.05) is 33.8 Å². The van der Waals surface area contributed by atoms with Crippen molar-refractivity contribution in [3.05, 3.63) is 0 Å². The summed E-state index contributed by atoms with van der Waals surface area (Å²) in [6.07, 6.45) is 1.85. The van der Waals surface area contributed by atoms with Gasteiger partial charge in [-0.2, -0.15) is 0 Å². The number of hydrogen-bond donors (Lipinski definition) is 1. The first-order valence-corrected chi connectivity index (χ1v) is 5.59. The van der Waals surface area contributed by atoms with Gasteiger partial charge in [-0.3, -0.25) is 9.59 Å². The quantitative estimate of drug-likeness (QED) is 0.564. The second-order valence-electron chi connectivity index (χ2n) is 3.65. The summed E-state index contributed by atoms with van der Waals surface area (Å²) in [5.41, 5.74) is 0. The van der Waals surface area contributed by atoms with Crippen LogP contribution in [0.25, 0.3) is 0 Å². The van der Waals surface area contributed by atoms with Crippen molar-refractivity contribution in [3.8, 4) is 0 Å². The molecule has 0 saturated heterocycles. The first-order valence-electron chi connectivity index (χ1n) is 5.59. The molecule has 0 radical (unpaired) electrons. The molecule has 0 atom stereocenters. The van der Waals surface area contributed by atoms with E-state index in [9.17, 15) is 9.59 Å². The van der Waals surface area contributed by atoms with Gasteiger partial charge >= 0.3 is 5.97 Å². The number of hydrogen-bond acceptors (Lipinski definition) is 4. The predicted octanol–water partition coefficient (Wildman–Crippen LogP) is 0.363. The van der Waals surface area contributed by atoms with Gasteiger partial charge in [0.05, 0.1) is 6.61 Å². The van der Waals surface area contributed by atoms with Crippen molar-refractivity contribution in [2.75, 3.05) is 40.5 Å². The molecule has 0 aromatic heterocycles. The first kappa shape index (κ1) is 15.9. The number of amides is 1. The summed E-state index contributed by atoms with van der Waals surface area (Å²) in [6.45, 7) is 1.000. The van der Waals surface area contributed by atoms with Crippen LogP contribution in [0.3, 0.4) is 0 Å². The topological polar surface area (TPSA) is 76.1 Å². The summed E-state index contributed by atoms with van der Waals surface area (Å²) in [6, 6.07) is 0. The summed E-state index contributed by atoms with van der Waals surface area (Å²) < 4.78 is 9.71. The minimum atomic E-state index is -1.01. The van der Waals surface area contributed by atoms with Crippen LogP contribution < -0.4 is 0 Å². The van der Waals surface area contributed by atoms with Crippen LogP contribution in [-0.2, 0) is 19.1 Å². The molecular weight excluding hydrogens is 226 g/mol. The third-order valence-corrected chi connectivity index (χ3v) is 2.23. The minimum Gasteiger partial charge on any atom is -0.480 e. The van der Waals surface area contributed by atoms with Gasteiger partial charge in [0.15, 0.2) is 0 Å². The number of carboxylic acids is 1. The number of nitrogens with zero attached hydrogens (tertiary/aromatic N) is 1. The summed E-state index contributed by atoms with van der Waals surface area (Å²) in [5.74, 6) is -1.16. The van der Waals surface area contributed by atoms with Crippen LogP contribution in [0.15, 0.2) is 0 Å². The molecule has 0 aromatic rings. The molecule has 6 heteroatoms. The van der Waals surface area contributed by atoms with E-state index in [1.165, 1.54) is 12.0 Å². The van der Waals surface area contributed by atoms with Crippen LogP contribution in [-0.4, -0.2) is 62.4 Å². The number of carbonyl (C=O) groups excluding carboxylic acids is 1. The Balaban J connectivity index is 3.98. The van der Waals surface area contributed by atoms with Crippen LogP contribution in [0.2, 0.25) is 0 Å². The highest BCUT2D eigenvalue weighted by Crippen LogP contribution is 2.01. The van der Waals surface area contributed by atoms with Crippen LogP contribution >= 0.6 is 0 Å². The second-order valence-corrected chi connectivity index (χ2v) is 3.65. The lowest BCUT2D eigenvalue weighted by molar-refractivity contribution is -0.144. The van der Waals surface area contributed by atoms with Gasteiger partial charge in [0.1, 0.15) is 6.54 Å². The summed E-state index contributed by atoms with van der Waals surface area (Å²) in [4.78, 5) is 23.6. The average molecular weight is 247 g/mol. The number of unbranched alkanes of at least 4 members (excludes halogenated alkanes) is 1. The predicted molar refractivity (Wildman–Crippen MR) is 61.8 cm³/mol. The maximum Gasteiger partial charge on any atom is 0.323 e. The molecule has 0 spiro atoms. The molecule has 100 valence electrons. The van der Waals surface area contributed by atoms with Crippen molar-refractivity contribution in [1.82, 2.24) is 4.90 Å². The monoisotopic (exact) mass is 247 g/mol. The molecule has 0 fully saturated rings. The highest BCUT2D eigenvalue weighted by atomic mass is 16.5. The molecule has 0 saturated carbocycles. The van der Waals surface area contributed by atoms with Gasteiger partial charge < -0.3 is 19.5 Å². The Bertz CT molecular complexity index is 232. The van der Waals surface area contributed by atoms with Gasteiger partial charge in [0.2, 0.25) is 5.91 Å². The van der Waals surface area contributed by atoms with E-state index in [0.29, 0.717) is 32.6 Å². The molecule has 0 aromatic carbocycles. The number of rotatable bonds is 10. The Labute approximate surface area is 101 Å². The number of aliphatic carboxylic acids is 1. The van der Waals surface area contributed by atoms with E-state index in [-0.39, 0.29) is 12.5 Å². The van der Waals surface area contributed by atoms with Crippen LogP contribution in [0.1, 0.15) is 19.3 Å². The van der Waals surface area contributed by atoms with Crippen LogP contribution in [0.4, 0.5) is 0 Å². The number of ether oxygens (including phenoxy) is 2. The van der Waals surface area contributed by atoms with E-state index in [0.717, 1.165) is 6.42 Å². The van der Waals surface area contributed by atoms with Crippen LogP contribution in [0.5, 0.6) is 0 Å². The Morgan fingerprint density at radius 1 is 1.12 bits per heavy atom. The van der Waals surface area contributed by atoms with E-state index in [2.05, 4.69) is 0 Å². The van der Waals surface area contributed by atoms with Gasteiger partial charge in [0.25, 0.3) is 0 Å². The Morgan fingerprint density at radius 2 is 1.76 bits per heavy atom. The highest BCUT2D eigenvalue weighted by molar-refractivity contribution is 5.81. The largest absolute Gasteiger partial charge is 0.480 e. The lowest BCUT2D eigenvalue weighted by Crippen LogP contribution is -2.37. The average Bonchev–Trinajstić information content (AvgIpc) is 2.29. The zero-order valence-electron chi connectivity index (χ0n) is 10.5. The summed E-state index contributed by atoms with van der Waals surface area (Å²) in [5, 5.41) is 8.69. The van der Waals surface area contributed by atoms with Gasteiger partial charge in [-0.05, 0) is 12.8 Å². The van der Waals surface area contributed by atoms with Crippen molar-refractivity contribution in [1.29, 1.82) is 0 Å². The maximum atomic E-state index is 11.7. The standard InChI is InChI=1S/C11H21NO5/c1-16-7-4-3-5-10(13)12(6-8-17-2)9-11(14)15/h3-9H2,1-2H3,(H,14,15). The molecule has 0 unspecified atom stereocenters. The fourth-order valence-corrected chi connectivity index (χ4v) is 1.34. The summed E-state index contributed by atoms with van der Waals surface area (Å²) in [7, 11) is 3.12. The van der Waals surface area contributed by atoms with Crippen molar-refractivity contribution in [3.63, 3.8) is 0 Å². The number of carbonyl (C=O) groups is 2. The lowest BCUT2D eigenvalue weighted by Gasteiger charge is -2.20. The molecule has 17 heavy (non-hydrogen) atoms. The fraction of sp³-hybridized carbons (Fsp3) is 0.818. The zero-order chi connectivity index (χ0) is 13.1. The van der Waals surface area contributed by atoms with Gasteiger partial charge in [-0.1, -0.05) is 0 Å². The second kappa shape index (κ2) is 10.0. The number of methoxy groups -OCH3 is 2. The maximum absolute atomic E-state index is 11.7. The van der Waals surface area contributed by atoms with E-state index >= 15 is 0 Å². The molecule has 0 aliphatic rings. The number of carboxylic acid groups (broad SMARTS) is 1. The van der Waals surface area contributed by atoms with Gasteiger partial charge in [-0.25, -0.2) is 0 Å². The third-order valence-electron chi connectivity index (χ3n) is 2.23. The normalized spacial score (nSPS) is 10.2. The molecule has 0 rings (SSSR count). The minimum absolute atomic E-state index is 0.152. The Hall–Kier alpha value is -1.14.